The lowest BCUT2D eigenvalue weighted by Crippen LogP contribution is -2.11. The van der Waals surface area contributed by atoms with Crippen molar-refractivity contribution in [3.63, 3.8) is 0 Å². The van der Waals surface area contributed by atoms with Crippen LogP contribution < -0.4 is 4.74 Å². The second-order valence-corrected chi connectivity index (χ2v) is 5.83. The summed E-state index contributed by atoms with van der Waals surface area (Å²) in [7, 11) is 3.99. The number of hydrogen-bond donors (Lipinski definition) is 0. The molecule has 0 aliphatic rings. The van der Waals surface area contributed by atoms with Gasteiger partial charge in [-0.25, -0.2) is 0 Å². The van der Waals surface area contributed by atoms with Gasteiger partial charge in [-0.3, -0.25) is 0 Å². The minimum Gasteiger partial charge on any atom is -0.457 e. The molecule has 21 heavy (non-hydrogen) atoms. The molecule has 0 radical (unpaired) electrons. The number of thioether (sulfide) groups is 1. The van der Waals surface area contributed by atoms with Gasteiger partial charge in [0.15, 0.2) is 0 Å². The second kappa shape index (κ2) is 7.16. The van der Waals surface area contributed by atoms with Crippen molar-refractivity contribution in [1.29, 1.82) is 5.26 Å². The first-order chi connectivity index (χ1) is 10.1. The molecule has 0 fully saturated rings. The van der Waals surface area contributed by atoms with Gasteiger partial charge >= 0.3 is 0 Å². The lowest BCUT2D eigenvalue weighted by atomic mass is 10.1. The van der Waals surface area contributed by atoms with Crippen LogP contribution in [0.4, 0.5) is 0 Å². The third kappa shape index (κ3) is 4.25. The Morgan fingerprint density at radius 2 is 1.86 bits per heavy atom. The van der Waals surface area contributed by atoms with Gasteiger partial charge in [-0.1, -0.05) is 0 Å². The maximum atomic E-state index is 9.03. The number of benzene rings is 2. The topological polar surface area (TPSA) is 36.3 Å². The highest BCUT2D eigenvalue weighted by molar-refractivity contribution is 7.98. The highest BCUT2D eigenvalue weighted by Crippen LogP contribution is 2.28. The SMILES string of the molecule is CSc1ccc(Oc2ccc(C#N)cc2CN(C)C)cc1. The second-order valence-electron chi connectivity index (χ2n) is 4.95. The fraction of sp³-hybridized carbons (Fsp3) is 0.235. The molecule has 2 aromatic carbocycles. The predicted octanol–water partition coefficient (Wildman–Crippen LogP) is 4.13. The van der Waals surface area contributed by atoms with E-state index < -0.39 is 0 Å². The number of ether oxygens (including phenoxy) is 1. The monoisotopic (exact) mass is 298 g/mol. The summed E-state index contributed by atoms with van der Waals surface area (Å²) in [5.41, 5.74) is 1.66. The van der Waals surface area contributed by atoms with Crippen LogP contribution in [0, 0.1) is 11.3 Å². The standard InChI is InChI=1S/C17H18N2OS/c1-19(2)12-14-10-13(11-18)4-9-17(14)20-15-5-7-16(21-3)8-6-15/h4-10H,12H2,1-3H3. The normalized spacial score (nSPS) is 10.4. The van der Waals surface area contributed by atoms with Crippen molar-refractivity contribution in [1.82, 2.24) is 4.90 Å². The van der Waals surface area contributed by atoms with E-state index in [4.69, 9.17) is 10.00 Å². The van der Waals surface area contributed by atoms with E-state index in [1.807, 2.05) is 56.7 Å². The Hall–Kier alpha value is -1.96. The Balaban J connectivity index is 2.27. The van der Waals surface area contributed by atoms with E-state index in [-0.39, 0.29) is 0 Å². The summed E-state index contributed by atoms with van der Waals surface area (Å²) in [4.78, 5) is 3.26. The van der Waals surface area contributed by atoms with Crippen LogP contribution in [0.1, 0.15) is 11.1 Å². The average Bonchev–Trinajstić information content (AvgIpc) is 2.49. The molecule has 0 aliphatic carbocycles. The summed E-state index contributed by atoms with van der Waals surface area (Å²) < 4.78 is 5.96. The Kier molecular flexibility index (Phi) is 5.26. The van der Waals surface area contributed by atoms with Crippen LogP contribution in [0.3, 0.4) is 0 Å². The molecule has 2 rings (SSSR count). The van der Waals surface area contributed by atoms with Crippen LogP contribution in [0.25, 0.3) is 0 Å². The Labute approximate surface area is 130 Å². The van der Waals surface area contributed by atoms with Gasteiger partial charge in [-0.2, -0.15) is 5.26 Å². The summed E-state index contributed by atoms with van der Waals surface area (Å²) in [5.74, 6) is 1.59. The molecule has 0 aliphatic heterocycles. The molecule has 0 atom stereocenters. The molecule has 2 aromatic rings. The highest BCUT2D eigenvalue weighted by Gasteiger charge is 2.08. The van der Waals surface area contributed by atoms with Crippen molar-refractivity contribution >= 4 is 11.8 Å². The van der Waals surface area contributed by atoms with E-state index >= 15 is 0 Å². The smallest absolute Gasteiger partial charge is 0.132 e. The molecule has 0 saturated heterocycles. The van der Waals surface area contributed by atoms with Gasteiger partial charge in [0.05, 0.1) is 11.6 Å². The van der Waals surface area contributed by atoms with Crippen molar-refractivity contribution in [2.45, 2.75) is 11.4 Å². The summed E-state index contributed by atoms with van der Waals surface area (Å²) in [6, 6.07) is 15.7. The quantitative estimate of drug-likeness (QED) is 0.778. The van der Waals surface area contributed by atoms with Gasteiger partial charge in [0.25, 0.3) is 0 Å². The van der Waals surface area contributed by atoms with Crippen molar-refractivity contribution in [2.75, 3.05) is 20.4 Å². The molecule has 0 unspecified atom stereocenters. The van der Waals surface area contributed by atoms with E-state index in [1.165, 1.54) is 4.90 Å². The molecule has 0 bridgehead atoms. The van der Waals surface area contributed by atoms with Crippen LogP contribution in [0.5, 0.6) is 11.5 Å². The lowest BCUT2D eigenvalue weighted by Gasteiger charge is -2.15. The first kappa shape index (κ1) is 15.4. The third-order valence-corrected chi connectivity index (χ3v) is 3.71. The van der Waals surface area contributed by atoms with Crippen LogP contribution in [-0.2, 0) is 6.54 Å². The zero-order chi connectivity index (χ0) is 15.2. The number of nitriles is 1. The zero-order valence-corrected chi connectivity index (χ0v) is 13.3. The molecule has 0 saturated carbocycles. The minimum atomic E-state index is 0.650. The zero-order valence-electron chi connectivity index (χ0n) is 12.5. The van der Waals surface area contributed by atoms with E-state index in [0.29, 0.717) is 5.56 Å². The largest absolute Gasteiger partial charge is 0.457 e. The third-order valence-electron chi connectivity index (χ3n) is 2.96. The molecule has 0 amide bonds. The van der Waals surface area contributed by atoms with Gasteiger partial charge in [0.1, 0.15) is 11.5 Å². The molecule has 108 valence electrons. The molecule has 0 spiro atoms. The molecular formula is C17H18N2OS. The number of nitrogens with zero attached hydrogens (tertiary/aromatic N) is 2. The van der Waals surface area contributed by atoms with Crippen molar-refractivity contribution in [3.8, 4) is 17.6 Å². The van der Waals surface area contributed by atoms with Crippen LogP contribution >= 0.6 is 11.8 Å². The summed E-state index contributed by atoms with van der Waals surface area (Å²) in [5, 5.41) is 9.03. The lowest BCUT2D eigenvalue weighted by molar-refractivity contribution is 0.388. The fourth-order valence-electron chi connectivity index (χ4n) is 1.98. The molecule has 4 heteroatoms. The Morgan fingerprint density at radius 1 is 1.14 bits per heavy atom. The Bertz CT molecular complexity index is 645. The van der Waals surface area contributed by atoms with E-state index in [1.54, 1.807) is 17.8 Å². The number of rotatable bonds is 5. The maximum absolute atomic E-state index is 9.03. The van der Waals surface area contributed by atoms with Gasteiger partial charge in [-0.15, -0.1) is 11.8 Å². The van der Waals surface area contributed by atoms with E-state index in [0.717, 1.165) is 23.6 Å². The van der Waals surface area contributed by atoms with E-state index in [2.05, 4.69) is 11.0 Å². The first-order valence-electron chi connectivity index (χ1n) is 6.62. The van der Waals surface area contributed by atoms with Gasteiger partial charge in [0.2, 0.25) is 0 Å². The van der Waals surface area contributed by atoms with Crippen molar-refractivity contribution in [3.05, 3.63) is 53.6 Å². The fourth-order valence-corrected chi connectivity index (χ4v) is 2.39. The highest BCUT2D eigenvalue weighted by atomic mass is 32.2. The van der Waals surface area contributed by atoms with E-state index in [9.17, 15) is 0 Å². The molecule has 0 heterocycles. The average molecular weight is 298 g/mol. The summed E-state index contributed by atoms with van der Waals surface area (Å²) in [6.07, 6.45) is 2.05. The molecular weight excluding hydrogens is 280 g/mol. The van der Waals surface area contributed by atoms with Crippen molar-refractivity contribution in [2.24, 2.45) is 0 Å². The first-order valence-corrected chi connectivity index (χ1v) is 7.84. The van der Waals surface area contributed by atoms with Crippen LogP contribution in [0.2, 0.25) is 0 Å². The molecule has 0 N–H and O–H groups in total. The summed E-state index contributed by atoms with van der Waals surface area (Å²) in [6.45, 7) is 0.730. The minimum absolute atomic E-state index is 0.650. The van der Waals surface area contributed by atoms with Gasteiger partial charge < -0.3 is 9.64 Å². The van der Waals surface area contributed by atoms with Gasteiger partial charge in [0, 0.05) is 17.0 Å². The summed E-state index contributed by atoms with van der Waals surface area (Å²) >= 11 is 1.70. The van der Waals surface area contributed by atoms with Gasteiger partial charge in [-0.05, 0) is 62.8 Å². The predicted molar refractivity (Wildman–Crippen MR) is 86.8 cm³/mol. The Morgan fingerprint density at radius 3 is 2.43 bits per heavy atom. The molecule has 0 aromatic heterocycles. The van der Waals surface area contributed by atoms with Crippen molar-refractivity contribution < 1.29 is 4.74 Å². The number of hydrogen-bond acceptors (Lipinski definition) is 4. The van der Waals surface area contributed by atoms with Crippen LogP contribution in [0.15, 0.2) is 47.4 Å². The maximum Gasteiger partial charge on any atom is 0.132 e. The van der Waals surface area contributed by atoms with Crippen LogP contribution in [-0.4, -0.2) is 25.3 Å². The molecule has 3 nitrogen and oxygen atoms in total.